The number of halogens is 1. The van der Waals surface area contributed by atoms with Crippen molar-refractivity contribution in [3.8, 4) is 0 Å². The third kappa shape index (κ3) is 8.16. The van der Waals surface area contributed by atoms with Crippen molar-refractivity contribution in [1.29, 1.82) is 5.41 Å². The van der Waals surface area contributed by atoms with E-state index < -0.39 is 29.5 Å². The molecule has 0 saturated heterocycles. The van der Waals surface area contributed by atoms with Gasteiger partial charge in [-0.15, -0.1) is 0 Å². The molecule has 4 rings (SSSR count). The molecule has 0 aliphatic heterocycles. The molecule has 47 heavy (non-hydrogen) atoms. The highest BCUT2D eigenvalue weighted by atomic mass is 79.9. The summed E-state index contributed by atoms with van der Waals surface area (Å²) in [6, 6.07) is 5.59. The van der Waals surface area contributed by atoms with Crippen molar-refractivity contribution < 1.29 is 24.0 Å². The molecule has 0 spiro atoms. The van der Waals surface area contributed by atoms with E-state index in [-0.39, 0.29) is 63.5 Å². The molecule has 0 atom stereocenters. The number of rotatable bonds is 12. The van der Waals surface area contributed by atoms with Crippen LogP contribution in [0.5, 0.6) is 0 Å². The van der Waals surface area contributed by atoms with Crippen LogP contribution in [0.3, 0.4) is 0 Å². The predicted octanol–water partition coefficient (Wildman–Crippen LogP) is 0.885. The molecule has 19 nitrogen and oxygen atoms in total. The largest absolute Gasteiger partial charge is 0.388 e. The van der Waals surface area contributed by atoms with Crippen molar-refractivity contribution >= 4 is 74.4 Å². The van der Waals surface area contributed by atoms with E-state index in [0.29, 0.717) is 5.69 Å². The molecule has 246 valence electrons. The van der Waals surface area contributed by atoms with Gasteiger partial charge >= 0.3 is 0 Å². The van der Waals surface area contributed by atoms with Crippen LogP contribution < -0.4 is 32.3 Å². The lowest BCUT2D eigenvalue weighted by atomic mass is 10.3. The first-order chi connectivity index (χ1) is 22.1. The lowest BCUT2D eigenvalue weighted by molar-refractivity contribution is -0.112. The highest BCUT2D eigenvalue weighted by molar-refractivity contribution is 9.12. The Balaban J connectivity index is 1.38. The Labute approximate surface area is 275 Å². The maximum Gasteiger partial charge on any atom is 0.275 e. The van der Waals surface area contributed by atoms with Gasteiger partial charge in [0.2, 0.25) is 0 Å². The van der Waals surface area contributed by atoms with Gasteiger partial charge in [0.05, 0.1) is 16.0 Å². The van der Waals surface area contributed by atoms with Crippen LogP contribution in [-0.4, -0.2) is 75.8 Å². The van der Waals surface area contributed by atoms with Crippen LogP contribution in [-0.2, 0) is 33.0 Å². The minimum absolute atomic E-state index is 0.0596. The number of nitrogens with zero attached hydrogens (tertiary/aromatic N) is 7. The highest BCUT2D eigenvalue weighted by Gasteiger charge is 2.21. The molecule has 0 aromatic carbocycles. The van der Waals surface area contributed by atoms with Gasteiger partial charge in [-0.3, -0.25) is 43.4 Å². The summed E-state index contributed by atoms with van der Waals surface area (Å²) in [5, 5.41) is 32.7. The average Bonchev–Trinajstić information content (AvgIpc) is 3.73. The lowest BCUT2D eigenvalue weighted by Gasteiger charge is -2.03. The zero-order valence-corrected chi connectivity index (χ0v) is 27.2. The Morgan fingerprint density at radius 3 is 1.68 bits per heavy atom. The Hall–Kier alpha value is -6.05. The molecule has 0 aliphatic rings. The fourth-order valence-electron chi connectivity index (χ4n) is 4.22. The van der Waals surface area contributed by atoms with E-state index in [0.717, 1.165) is 0 Å². The quantitative estimate of drug-likeness (QED) is 0.0625. The number of anilines is 4. The van der Waals surface area contributed by atoms with Gasteiger partial charge < -0.3 is 36.9 Å². The molecule has 20 heteroatoms. The molecule has 0 radical (unpaired) electrons. The van der Waals surface area contributed by atoms with Crippen LogP contribution >= 0.6 is 15.9 Å². The molecule has 0 aliphatic carbocycles. The predicted molar refractivity (Wildman–Crippen MR) is 174 cm³/mol. The number of hydrogen-bond acceptors (Lipinski definition) is 9. The van der Waals surface area contributed by atoms with Gasteiger partial charge in [0.1, 0.15) is 22.8 Å². The van der Waals surface area contributed by atoms with Gasteiger partial charge in [-0.05, 0) is 22.0 Å². The van der Waals surface area contributed by atoms with E-state index in [9.17, 15) is 24.0 Å². The summed E-state index contributed by atoms with van der Waals surface area (Å²) < 4.78 is 5.43. The smallest absolute Gasteiger partial charge is 0.275 e. The first-order valence-corrected chi connectivity index (χ1v) is 14.4. The normalized spacial score (nSPS) is 10.7. The van der Waals surface area contributed by atoms with Crippen molar-refractivity contribution in [3.05, 3.63) is 64.3 Å². The lowest BCUT2D eigenvalue weighted by Crippen LogP contribution is -2.29. The number of aryl methyl sites for hydroxylation is 4. The van der Waals surface area contributed by atoms with Gasteiger partial charge in [-0.2, -0.15) is 15.3 Å². The van der Waals surface area contributed by atoms with Crippen molar-refractivity contribution in [2.45, 2.75) is 6.42 Å². The molecule has 8 N–H and O–H groups in total. The van der Waals surface area contributed by atoms with Crippen molar-refractivity contribution in [3.63, 3.8) is 0 Å². The summed E-state index contributed by atoms with van der Waals surface area (Å²) in [5.41, 5.74) is 6.20. The third-order valence-electron chi connectivity index (χ3n) is 6.48. The third-order valence-corrected chi connectivity index (χ3v) is 6.84. The Bertz CT molecular complexity index is 1930. The minimum atomic E-state index is -0.596. The molecule has 5 amide bonds. The number of hydrogen-bond donors (Lipinski definition) is 7. The zero-order valence-electron chi connectivity index (χ0n) is 25.6. The number of amidine groups is 1. The second-order valence-corrected chi connectivity index (χ2v) is 11.0. The van der Waals surface area contributed by atoms with E-state index in [4.69, 9.17) is 11.1 Å². The van der Waals surface area contributed by atoms with E-state index in [2.05, 4.69) is 64.4 Å². The van der Waals surface area contributed by atoms with Crippen molar-refractivity contribution in [1.82, 2.24) is 39.2 Å². The highest BCUT2D eigenvalue weighted by Crippen LogP contribution is 2.19. The molecular weight excluding hydrogens is 680 g/mol. The summed E-state index contributed by atoms with van der Waals surface area (Å²) in [6.45, 7) is 3.65. The van der Waals surface area contributed by atoms with Gasteiger partial charge in [0.15, 0.2) is 17.5 Å². The summed E-state index contributed by atoms with van der Waals surface area (Å²) in [6.07, 6.45) is 1.72. The van der Waals surface area contributed by atoms with Crippen LogP contribution in [0.2, 0.25) is 0 Å². The summed E-state index contributed by atoms with van der Waals surface area (Å²) in [5.74, 6) is -2.39. The zero-order chi connectivity index (χ0) is 34.6. The van der Waals surface area contributed by atoms with Crippen LogP contribution in [0.15, 0.2) is 41.5 Å². The molecule has 4 heterocycles. The molecular formula is C27H31BrN14O5. The first-order valence-electron chi connectivity index (χ1n) is 13.6. The number of nitrogens with one attached hydrogen (secondary N) is 6. The van der Waals surface area contributed by atoms with Crippen molar-refractivity contribution in [2.75, 3.05) is 27.8 Å². The maximum atomic E-state index is 13.1. The number of aromatic nitrogens is 7. The Morgan fingerprint density at radius 1 is 0.745 bits per heavy atom. The molecule has 0 fully saturated rings. The van der Waals surface area contributed by atoms with E-state index in [1.165, 1.54) is 70.2 Å². The van der Waals surface area contributed by atoms with Crippen LogP contribution in [0.1, 0.15) is 48.4 Å². The standard InChI is InChI=1S/C27H31BrN14O5/c1-13(28)23(43)33-20-10-17(41(4)36-20)26(46)32-14-8-15(39(2)12-14)25(45)34-22-11-18(42(5)38-22)27(47)35-21-9-16(40(3)37-21)24(44)31-7-6-19(29)30/h8-12H,1,6-7H2,2-5H3,(H3,29,30)(H,31,44)(H,32,46)(H,33,36,43)(H,34,38,45)(H,35,37,47). The number of carbonyl (C=O) groups excluding carboxylic acids is 5. The fourth-order valence-corrected chi connectivity index (χ4v) is 4.32. The van der Waals surface area contributed by atoms with E-state index in [1.807, 2.05) is 0 Å². The van der Waals surface area contributed by atoms with Gasteiger partial charge in [-0.1, -0.05) is 6.58 Å². The van der Waals surface area contributed by atoms with E-state index in [1.54, 1.807) is 7.05 Å². The van der Waals surface area contributed by atoms with Crippen LogP contribution in [0.25, 0.3) is 0 Å². The first kappa shape index (κ1) is 33.8. The number of amides is 5. The van der Waals surface area contributed by atoms with Crippen LogP contribution in [0.4, 0.5) is 23.1 Å². The SMILES string of the molecule is C=C(Br)C(=O)Nc1cc(C(=O)Nc2cc(C(=O)Nc3cc(C(=O)Nc4cc(C(=O)NCCC(=N)N)n(C)n4)n(C)n3)n(C)c2)n(C)n1. The van der Waals surface area contributed by atoms with Gasteiger partial charge in [0, 0.05) is 65.6 Å². The van der Waals surface area contributed by atoms with Crippen LogP contribution in [0, 0.1) is 5.41 Å². The summed E-state index contributed by atoms with van der Waals surface area (Å²) >= 11 is 2.98. The second kappa shape index (κ2) is 13.9. The maximum absolute atomic E-state index is 13.1. The molecule has 4 aromatic rings. The fraction of sp³-hybridized carbons (Fsp3) is 0.222. The summed E-state index contributed by atoms with van der Waals surface area (Å²) in [7, 11) is 6.19. The monoisotopic (exact) mass is 710 g/mol. The molecule has 0 bridgehead atoms. The molecule has 0 unspecified atom stereocenters. The second-order valence-electron chi connectivity index (χ2n) is 10.1. The Kier molecular flexibility index (Phi) is 10.0. The molecule has 4 aromatic heterocycles. The average molecular weight is 712 g/mol. The number of nitrogens with two attached hydrogens (primary N) is 1. The topological polar surface area (TPSA) is 254 Å². The minimum Gasteiger partial charge on any atom is -0.388 e. The summed E-state index contributed by atoms with van der Waals surface area (Å²) in [4.78, 5) is 63.2. The number of carbonyl (C=O) groups is 5. The molecule has 0 saturated carbocycles. The van der Waals surface area contributed by atoms with E-state index >= 15 is 0 Å². The Morgan fingerprint density at radius 2 is 1.19 bits per heavy atom. The van der Waals surface area contributed by atoms with Gasteiger partial charge in [0.25, 0.3) is 29.5 Å². The van der Waals surface area contributed by atoms with Crippen molar-refractivity contribution in [2.24, 2.45) is 33.9 Å². The van der Waals surface area contributed by atoms with Gasteiger partial charge in [-0.25, -0.2) is 0 Å².